The van der Waals surface area contributed by atoms with E-state index in [9.17, 15) is 4.79 Å². The summed E-state index contributed by atoms with van der Waals surface area (Å²) in [5.74, 6) is -0.244. The Hall–Kier alpha value is -0.690. The number of ether oxygens (including phenoxy) is 1. The number of rotatable bonds is 6. The number of morpholine rings is 1. The molecule has 1 atom stereocenters. The van der Waals surface area contributed by atoms with E-state index >= 15 is 0 Å². The molecule has 6 heteroatoms. The molecule has 2 aliphatic rings. The van der Waals surface area contributed by atoms with Gasteiger partial charge in [-0.15, -0.1) is 0 Å². The first-order valence-corrected chi connectivity index (χ1v) is 7.76. The van der Waals surface area contributed by atoms with Crippen molar-refractivity contribution in [3.05, 3.63) is 0 Å². The summed E-state index contributed by atoms with van der Waals surface area (Å²) in [6.45, 7) is 9.18. The monoisotopic (exact) mass is 284 g/mol. The van der Waals surface area contributed by atoms with Gasteiger partial charge in [0.2, 0.25) is 5.91 Å². The minimum absolute atomic E-state index is 0.193. The van der Waals surface area contributed by atoms with Crippen LogP contribution >= 0.6 is 0 Å². The molecule has 116 valence electrons. The number of nitrogens with two attached hydrogens (primary N) is 1. The summed E-state index contributed by atoms with van der Waals surface area (Å²) < 4.78 is 5.86. The van der Waals surface area contributed by atoms with E-state index in [0.717, 1.165) is 58.7 Å². The first-order chi connectivity index (χ1) is 9.69. The molecular weight excluding hydrogens is 256 g/mol. The van der Waals surface area contributed by atoms with Gasteiger partial charge in [0.25, 0.3) is 0 Å². The molecule has 1 amide bonds. The van der Waals surface area contributed by atoms with Crippen molar-refractivity contribution in [2.45, 2.75) is 31.9 Å². The summed E-state index contributed by atoms with van der Waals surface area (Å²) in [4.78, 5) is 16.0. The number of nitrogens with one attached hydrogen (secondary N) is 1. The van der Waals surface area contributed by atoms with Gasteiger partial charge in [-0.25, -0.2) is 0 Å². The molecule has 0 bridgehead atoms. The van der Waals surface area contributed by atoms with E-state index in [0.29, 0.717) is 12.6 Å². The van der Waals surface area contributed by atoms with E-state index < -0.39 is 0 Å². The molecule has 20 heavy (non-hydrogen) atoms. The van der Waals surface area contributed by atoms with Gasteiger partial charge in [-0.2, -0.15) is 0 Å². The molecule has 0 radical (unpaired) electrons. The molecule has 0 spiro atoms. The number of piperidine rings is 1. The summed E-state index contributed by atoms with van der Waals surface area (Å²) in [7, 11) is 0. The molecule has 6 nitrogen and oxygen atoms in total. The average Bonchev–Trinajstić information content (AvgIpc) is 2.47. The van der Waals surface area contributed by atoms with Crippen LogP contribution in [0.2, 0.25) is 0 Å². The molecule has 2 aliphatic heterocycles. The minimum Gasteiger partial charge on any atom is -0.374 e. The number of likely N-dealkylation sites (N-methyl/N-ethyl adjacent to an activating group) is 1. The van der Waals surface area contributed by atoms with Gasteiger partial charge >= 0.3 is 0 Å². The van der Waals surface area contributed by atoms with Crippen molar-refractivity contribution in [1.29, 1.82) is 0 Å². The third kappa shape index (κ3) is 4.70. The van der Waals surface area contributed by atoms with Crippen LogP contribution in [0.5, 0.6) is 0 Å². The van der Waals surface area contributed by atoms with Crippen LogP contribution in [0.15, 0.2) is 0 Å². The predicted octanol–water partition coefficient (Wildman–Crippen LogP) is -0.754. The number of primary amides is 1. The number of nitrogens with zero attached hydrogens (tertiary/aromatic N) is 2. The molecule has 2 rings (SSSR count). The molecular formula is C14H28N4O2. The molecule has 0 aromatic rings. The molecule has 2 saturated heterocycles. The Balaban J connectivity index is 1.90. The number of carbonyl (C=O) groups excluding carboxylic acids is 1. The summed E-state index contributed by atoms with van der Waals surface area (Å²) >= 11 is 0. The molecule has 0 saturated carbocycles. The Kier molecular flexibility index (Phi) is 6.22. The van der Waals surface area contributed by atoms with Gasteiger partial charge in [-0.3, -0.25) is 14.6 Å². The SMILES string of the molecule is CCN1CCOC(CN(CC(N)=O)C2CCNCC2)C1. The second-order valence-electron chi connectivity index (χ2n) is 5.76. The fourth-order valence-electron chi connectivity index (χ4n) is 3.15. The van der Waals surface area contributed by atoms with Crippen LogP contribution in [0.1, 0.15) is 19.8 Å². The quantitative estimate of drug-likeness (QED) is 0.671. The number of carbonyl (C=O) groups is 1. The van der Waals surface area contributed by atoms with E-state index in [1.165, 1.54) is 0 Å². The normalized spacial score (nSPS) is 26.0. The highest BCUT2D eigenvalue weighted by Gasteiger charge is 2.27. The van der Waals surface area contributed by atoms with Gasteiger partial charge in [0.05, 0.1) is 19.3 Å². The van der Waals surface area contributed by atoms with E-state index in [1.54, 1.807) is 0 Å². The van der Waals surface area contributed by atoms with Gasteiger partial charge in [-0.1, -0.05) is 6.92 Å². The number of amides is 1. The Morgan fingerprint density at radius 2 is 2.20 bits per heavy atom. The van der Waals surface area contributed by atoms with Crippen molar-refractivity contribution >= 4 is 5.91 Å². The van der Waals surface area contributed by atoms with Gasteiger partial charge < -0.3 is 15.8 Å². The maximum atomic E-state index is 11.3. The first-order valence-electron chi connectivity index (χ1n) is 7.76. The Morgan fingerprint density at radius 3 is 2.85 bits per heavy atom. The van der Waals surface area contributed by atoms with E-state index in [2.05, 4.69) is 22.0 Å². The van der Waals surface area contributed by atoms with Crippen molar-refractivity contribution in [2.24, 2.45) is 5.73 Å². The van der Waals surface area contributed by atoms with Crippen LogP contribution in [0, 0.1) is 0 Å². The zero-order valence-electron chi connectivity index (χ0n) is 12.5. The second-order valence-corrected chi connectivity index (χ2v) is 5.76. The highest BCUT2D eigenvalue weighted by atomic mass is 16.5. The topological polar surface area (TPSA) is 70.8 Å². The Bertz CT molecular complexity index is 308. The molecule has 1 unspecified atom stereocenters. The third-order valence-electron chi connectivity index (χ3n) is 4.29. The summed E-state index contributed by atoms with van der Waals surface area (Å²) in [5.41, 5.74) is 5.41. The van der Waals surface area contributed by atoms with E-state index in [-0.39, 0.29) is 12.0 Å². The van der Waals surface area contributed by atoms with Crippen LogP contribution in [0.4, 0.5) is 0 Å². The zero-order valence-corrected chi connectivity index (χ0v) is 12.5. The molecule has 0 aromatic carbocycles. The highest BCUT2D eigenvalue weighted by Crippen LogP contribution is 2.14. The Labute approximate surface area is 121 Å². The van der Waals surface area contributed by atoms with Crippen LogP contribution in [-0.4, -0.2) is 80.3 Å². The summed E-state index contributed by atoms with van der Waals surface area (Å²) in [6.07, 6.45) is 2.35. The smallest absolute Gasteiger partial charge is 0.231 e. The molecule has 0 aromatic heterocycles. The molecule has 0 aliphatic carbocycles. The lowest BCUT2D eigenvalue weighted by Crippen LogP contribution is -2.53. The standard InChI is InChI=1S/C14H28N4O2/c1-2-17-7-8-20-13(9-17)10-18(11-14(15)19)12-3-5-16-6-4-12/h12-13,16H,2-11H2,1H3,(H2,15,19). The third-order valence-corrected chi connectivity index (χ3v) is 4.29. The summed E-state index contributed by atoms with van der Waals surface area (Å²) in [5, 5.41) is 3.36. The zero-order chi connectivity index (χ0) is 14.4. The molecule has 2 heterocycles. The van der Waals surface area contributed by atoms with E-state index in [4.69, 9.17) is 10.5 Å². The van der Waals surface area contributed by atoms with Crippen LogP contribution in [-0.2, 0) is 9.53 Å². The van der Waals surface area contributed by atoms with Gasteiger partial charge in [-0.05, 0) is 32.5 Å². The van der Waals surface area contributed by atoms with Crippen molar-refractivity contribution in [3.8, 4) is 0 Å². The van der Waals surface area contributed by atoms with Crippen molar-refractivity contribution in [1.82, 2.24) is 15.1 Å². The van der Waals surface area contributed by atoms with Crippen LogP contribution < -0.4 is 11.1 Å². The maximum Gasteiger partial charge on any atom is 0.231 e. The predicted molar refractivity (Wildman–Crippen MR) is 78.5 cm³/mol. The van der Waals surface area contributed by atoms with Gasteiger partial charge in [0.15, 0.2) is 0 Å². The lowest BCUT2D eigenvalue weighted by atomic mass is 10.0. The Morgan fingerprint density at radius 1 is 1.45 bits per heavy atom. The summed E-state index contributed by atoms with van der Waals surface area (Å²) in [6, 6.07) is 0.448. The minimum atomic E-state index is -0.244. The maximum absolute atomic E-state index is 11.3. The van der Waals surface area contributed by atoms with Gasteiger partial charge in [0, 0.05) is 25.7 Å². The number of hydrogen-bond donors (Lipinski definition) is 2. The first kappa shape index (κ1) is 15.7. The van der Waals surface area contributed by atoms with Crippen LogP contribution in [0.25, 0.3) is 0 Å². The molecule has 2 fully saturated rings. The van der Waals surface area contributed by atoms with E-state index in [1.807, 2.05) is 0 Å². The van der Waals surface area contributed by atoms with Crippen LogP contribution in [0.3, 0.4) is 0 Å². The fourth-order valence-corrected chi connectivity index (χ4v) is 3.15. The van der Waals surface area contributed by atoms with Crippen molar-refractivity contribution in [2.75, 3.05) is 52.4 Å². The number of hydrogen-bond acceptors (Lipinski definition) is 5. The fraction of sp³-hybridized carbons (Fsp3) is 0.929. The largest absolute Gasteiger partial charge is 0.374 e. The van der Waals surface area contributed by atoms with Crippen molar-refractivity contribution < 1.29 is 9.53 Å². The van der Waals surface area contributed by atoms with Gasteiger partial charge in [0.1, 0.15) is 0 Å². The molecule has 3 N–H and O–H groups in total. The lowest BCUT2D eigenvalue weighted by molar-refractivity contribution is -0.121. The highest BCUT2D eigenvalue weighted by molar-refractivity contribution is 5.75. The van der Waals surface area contributed by atoms with Crippen molar-refractivity contribution in [3.63, 3.8) is 0 Å². The average molecular weight is 284 g/mol. The lowest BCUT2D eigenvalue weighted by Gasteiger charge is -2.39. The second kappa shape index (κ2) is 7.93.